The summed E-state index contributed by atoms with van der Waals surface area (Å²) in [6, 6.07) is 1.53. The first kappa shape index (κ1) is 10.6. The van der Waals surface area contributed by atoms with Crippen molar-refractivity contribution in [3.8, 4) is 0 Å². The molecule has 0 unspecified atom stereocenters. The zero-order valence-corrected chi connectivity index (χ0v) is 9.52. The van der Waals surface area contributed by atoms with Gasteiger partial charge in [-0.1, -0.05) is 11.6 Å². The molecule has 1 aliphatic heterocycles. The zero-order chi connectivity index (χ0) is 11.2. The van der Waals surface area contributed by atoms with Gasteiger partial charge in [-0.05, 0) is 18.6 Å². The van der Waals surface area contributed by atoms with Crippen LogP contribution in [0.1, 0.15) is 28.5 Å². The highest BCUT2D eigenvalue weighted by atomic mass is 35.5. The van der Waals surface area contributed by atoms with Gasteiger partial charge in [0.05, 0.1) is 22.8 Å². The molecule has 0 saturated heterocycles. The second-order valence-corrected chi connectivity index (χ2v) is 5.94. The van der Waals surface area contributed by atoms with Gasteiger partial charge in [0.25, 0.3) is 0 Å². The van der Waals surface area contributed by atoms with E-state index in [9.17, 15) is 13.2 Å². The zero-order valence-electron chi connectivity index (χ0n) is 7.95. The van der Waals surface area contributed by atoms with E-state index in [0.29, 0.717) is 11.3 Å². The van der Waals surface area contributed by atoms with Gasteiger partial charge in [-0.3, -0.25) is 4.79 Å². The normalized spacial score (nSPS) is 17.5. The summed E-state index contributed by atoms with van der Waals surface area (Å²) in [6.07, 6.45) is 0. The van der Waals surface area contributed by atoms with Gasteiger partial charge in [0.15, 0.2) is 15.6 Å². The van der Waals surface area contributed by atoms with Crippen molar-refractivity contribution >= 4 is 27.2 Å². The monoisotopic (exact) mass is 245 g/mol. The average Bonchev–Trinajstić information content (AvgIpc) is 2.36. The molecule has 0 aromatic carbocycles. The van der Waals surface area contributed by atoms with Crippen molar-refractivity contribution in [1.82, 2.24) is 4.98 Å². The molecule has 0 aliphatic carbocycles. The molecule has 0 saturated carbocycles. The fourth-order valence-corrected chi connectivity index (χ4v) is 3.34. The third-order valence-corrected chi connectivity index (χ3v) is 4.01. The van der Waals surface area contributed by atoms with Gasteiger partial charge in [-0.15, -0.1) is 0 Å². The van der Waals surface area contributed by atoms with E-state index in [0.717, 1.165) is 0 Å². The van der Waals surface area contributed by atoms with Gasteiger partial charge in [0, 0.05) is 0 Å². The number of Topliss-reactive ketones (excluding diaryl/α,β-unsaturated/α-hetero) is 1. The Morgan fingerprint density at radius 1 is 1.47 bits per heavy atom. The lowest BCUT2D eigenvalue weighted by Gasteiger charge is -2.02. The minimum Gasteiger partial charge on any atom is -0.294 e. The lowest BCUT2D eigenvalue weighted by atomic mass is 10.1. The van der Waals surface area contributed by atoms with Crippen LogP contribution in [0.25, 0.3) is 0 Å². The SMILES string of the molecule is CC(=O)c1cc2c(nc1Cl)CS(=O)(=O)C2. The number of sulfone groups is 1. The van der Waals surface area contributed by atoms with E-state index < -0.39 is 9.84 Å². The summed E-state index contributed by atoms with van der Waals surface area (Å²) in [7, 11) is -3.10. The summed E-state index contributed by atoms with van der Waals surface area (Å²) < 4.78 is 22.6. The molecule has 0 N–H and O–H groups in total. The lowest BCUT2D eigenvalue weighted by Crippen LogP contribution is -1.99. The third-order valence-electron chi connectivity index (χ3n) is 2.26. The van der Waals surface area contributed by atoms with Crippen molar-refractivity contribution in [3.63, 3.8) is 0 Å². The van der Waals surface area contributed by atoms with Crippen LogP contribution in [0, 0.1) is 0 Å². The average molecular weight is 246 g/mol. The molecule has 1 aliphatic rings. The number of ketones is 1. The minimum atomic E-state index is -3.10. The number of hydrogen-bond donors (Lipinski definition) is 0. The molecule has 80 valence electrons. The molecule has 1 aromatic rings. The fraction of sp³-hybridized carbons (Fsp3) is 0.333. The molecule has 0 fully saturated rings. The first-order chi connectivity index (χ1) is 6.89. The molecule has 1 aromatic heterocycles. The minimum absolute atomic E-state index is 0.0488. The molecule has 4 nitrogen and oxygen atoms in total. The van der Waals surface area contributed by atoms with Crippen LogP contribution in [-0.4, -0.2) is 19.2 Å². The van der Waals surface area contributed by atoms with Gasteiger partial charge in [-0.25, -0.2) is 13.4 Å². The highest BCUT2D eigenvalue weighted by molar-refractivity contribution is 7.90. The van der Waals surface area contributed by atoms with Gasteiger partial charge in [-0.2, -0.15) is 0 Å². The number of aromatic nitrogens is 1. The van der Waals surface area contributed by atoms with Crippen molar-refractivity contribution in [1.29, 1.82) is 0 Å². The largest absolute Gasteiger partial charge is 0.294 e. The Hall–Kier alpha value is -0.940. The smallest absolute Gasteiger partial charge is 0.162 e. The second kappa shape index (κ2) is 3.28. The maximum absolute atomic E-state index is 11.3. The Morgan fingerprint density at radius 2 is 2.13 bits per heavy atom. The predicted octanol–water partition coefficient (Wildman–Crippen LogP) is 1.37. The molecular weight excluding hydrogens is 238 g/mol. The molecule has 0 bridgehead atoms. The fourth-order valence-electron chi connectivity index (χ4n) is 1.56. The van der Waals surface area contributed by atoms with Crippen molar-refractivity contribution in [2.45, 2.75) is 18.4 Å². The molecular formula is C9H8ClNO3S. The van der Waals surface area contributed by atoms with E-state index >= 15 is 0 Å². The Bertz CT molecular complexity index is 551. The van der Waals surface area contributed by atoms with Crippen LogP contribution in [-0.2, 0) is 21.3 Å². The Kier molecular flexibility index (Phi) is 2.31. The molecule has 0 atom stereocenters. The van der Waals surface area contributed by atoms with E-state index in [1.165, 1.54) is 13.0 Å². The van der Waals surface area contributed by atoms with Gasteiger partial charge < -0.3 is 0 Å². The summed E-state index contributed by atoms with van der Waals surface area (Å²) in [5.74, 6) is -0.341. The summed E-state index contributed by atoms with van der Waals surface area (Å²) in [4.78, 5) is 15.1. The van der Waals surface area contributed by atoms with Crippen LogP contribution >= 0.6 is 11.6 Å². The number of hydrogen-bond acceptors (Lipinski definition) is 4. The summed E-state index contributed by atoms with van der Waals surface area (Å²) in [5, 5.41) is 0.0818. The quantitative estimate of drug-likeness (QED) is 0.554. The van der Waals surface area contributed by atoms with Gasteiger partial charge >= 0.3 is 0 Å². The number of pyridine rings is 1. The van der Waals surface area contributed by atoms with E-state index in [4.69, 9.17) is 11.6 Å². The third kappa shape index (κ3) is 1.89. The Morgan fingerprint density at radius 3 is 2.73 bits per heavy atom. The van der Waals surface area contributed by atoms with Crippen molar-refractivity contribution in [2.75, 3.05) is 0 Å². The van der Waals surface area contributed by atoms with Crippen molar-refractivity contribution in [3.05, 3.63) is 28.0 Å². The first-order valence-corrected chi connectivity index (χ1v) is 6.48. The molecule has 0 radical (unpaired) electrons. The molecule has 2 heterocycles. The predicted molar refractivity (Wildman–Crippen MR) is 55.6 cm³/mol. The number of nitrogens with zero attached hydrogens (tertiary/aromatic N) is 1. The van der Waals surface area contributed by atoms with Crippen LogP contribution in [0.15, 0.2) is 6.07 Å². The number of rotatable bonds is 1. The second-order valence-electron chi connectivity index (χ2n) is 3.52. The van der Waals surface area contributed by atoms with Gasteiger partial charge in [0.2, 0.25) is 0 Å². The number of carbonyl (C=O) groups is 1. The summed E-state index contributed by atoms with van der Waals surface area (Å²) in [5.41, 5.74) is 1.34. The first-order valence-electron chi connectivity index (χ1n) is 4.29. The van der Waals surface area contributed by atoms with Crippen LogP contribution in [0.4, 0.5) is 0 Å². The standard InChI is InChI=1S/C9H8ClNO3S/c1-5(12)7-2-6-3-15(13,14)4-8(6)11-9(7)10/h2H,3-4H2,1H3. The number of carbonyl (C=O) groups excluding carboxylic acids is 1. The number of halogens is 1. The van der Waals surface area contributed by atoms with E-state index in [1.54, 1.807) is 0 Å². The highest BCUT2D eigenvalue weighted by Gasteiger charge is 2.27. The molecule has 15 heavy (non-hydrogen) atoms. The Balaban J connectivity index is 2.59. The summed E-state index contributed by atoms with van der Waals surface area (Å²) in [6.45, 7) is 1.37. The maximum atomic E-state index is 11.3. The van der Waals surface area contributed by atoms with Crippen molar-refractivity contribution in [2.24, 2.45) is 0 Å². The maximum Gasteiger partial charge on any atom is 0.162 e. The van der Waals surface area contributed by atoms with Crippen LogP contribution in [0.2, 0.25) is 5.15 Å². The highest BCUT2D eigenvalue weighted by Crippen LogP contribution is 2.27. The van der Waals surface area contributed by atoms with Crippen LogP contribution < -0.4 is 0 Å². The molecule has 6 heteroatoms. The molecule has 2 rings (SSSR count). The van der Waals surface area contributed by atoms with Crippen LogP contribution in [0.5, 0.6) is 0 Å². The van der Waals surface area contributed by atoms with E-state index in [2.05, 4.69) is 4.98 Å². The summed E-state index contributed by atoms with van der Waals surface area (Å²) >= 11 is 5.77. The Labute approximate surface area is 92.2 Å². The van der Waals surface area contributed by atoms with Gasteiger partial charge in [0.1, 0.15) is 5.15 Å². The van der Waals surface area contributed by atoms with Crippen LogP contribution in [0.3, 0.4) is 0 Å². The van der Waals surface area contributed by atoms with E-state index in [-0.39, 0.29) is 28.0 Å². The molecule has 0 amide bonds. The van der Waals surface area contributed by atoms with Crippen molar-refractivity contribution < 1.29 is 13.2 Å². The molecule has 0 spiro atoms. The lowest BCUT2D eigenvalue weighted by molar-refractivity contribution is 0.101. The topological polar surface area (TPSA) is 64.1 Å². The number of fused-ring (bicyclic) bond motifs is 1. The van der Waals surface area contributed by atoms with E-state index in [1.807, 2.05) is 0 Å².